The molecule has 0 aliphatic heterocycles. The normalized spacial score (nSPS) is 11.0. The molecule has 0 fully saturated rings. The van der Waals surface area contributed by atoms with Gasteiger partial charge in [-0.1, -0.05) is 48.5 Å². The SMILES string of the molecule is CCN(Cc1ccccc1)C(=O)CNC(=NC)NCCOc1ccccc1. The number of nitrogens with zero attached hydrogens (tertiary/aromatic N) is 2. The number of carbonyl (C=O) groups excluding carboxylic acids is 1. The molecule has 27 heavy (non-hydrogen) atoms. The lowest BCUT2D eigenvalue weighted by Crippen LogP contribution is -2.45. The van der Waals surface area contributed by atoms with Crippen LogP contribution in [0.5, 0.6) is 5.75 Å². The van der Waals surface area contributed by atoms with Gasteiger partial charge in [0, 0.05) is 20.1 Å². The van der Waals surface area contributed by atoms with E-state index in [4.69, 9.17) is 4.74 Å². The Morgan fingerprint density at radius 2 is 1.70 bits per heavy atom. The molecule has 1 amide bonds. The second-order valence-corrected chi connectivity index (χ2v) is 5.91. The highest BCUT2D eigenvalue weighted by molar-refractivity contribution is 5.86. The largest absolute Gasteiger partial charge is 0.492 e. The quantitative estimate of drug-likeness (QED) is 0.405. The van der Waals surface area contributed by atoms with Crippen LogP contribution in [0, 0.1) is 0 Å². The number of guanidine groups is 1. The van der Waals surface area contributed by atoms with E-state index in [-0.39, 0.29) is 12.5 Å². The number of nitrogens with one attached hydrogen (secondary N) is 2. The zero-order valence-electron chi connectivity index (χ0n) is 16.0. The molecule has 0 spiro atoms. The summed E-state index contributed by atoms with van der Waals surface area (Å²) < 4.78 is 5.63. The summed E-state index contributed by atoms with van der Waals surface area (Å²) in [4.78, 5) is 18.4. The molecule has 0 saturated heterocycles. The average molecular weight is 368 g/mol. The third-order valence-corrected chi connectivity index (χ3v) is 3.99. The summed E-state index contributed by atoms with van der Waals surface area (Å²) in [7, 11) is 1.68. The van der Waals surface area contributed by atoms with Gasteiger partial charge in [-0.05, 0) is 24.6 Å². The van der Waals surface area contributed by atoms with Gasteiger partial charge in [-0.2, -0.15) is 0 Å². The fourth-order valence-corrected chi connectivity index (χ4v) is 2.53. The number of hydrogen-bond acceptors (Lipinski definition) is 3. The van der Waals surface area contributed by atoms with Gasteiger partial charge >= 0.3 is 0 Å². The van der Waals surface area contributed by atoms with Gasteiger partial charge in [-0.15, -0.1) is 0 Å². The molecule has 6 nitrogen and oxygen atoms in total. The molecule has 0 radical (unpaired) electrons. The van der Waals surface area contributed by atoms with Crippen molar-refractivity contribution in [2.45, 2.75) is 13.5 Å². The Balaban J connectivity index is 1.71. The first kappa shape index (κ1) is 20.3. The number of rotatable bonds is 9. The molecule has 2 N–H and O–H groups in total. The standard InChI is InChI=1S/C21H28N4O2/c1-3-25(17-18-10-6-4-7-11-18)20(26)16-24-21(22-2)23-14-15-27-19-12-8-5-9-13-19/h4-13H,3,14-17H2,1-2H3,(H2,22,23,24). The molecule has 0 heterocycles. The predicted molar refractivity (Wildman–Crippen MR) is 109 cm³/mol. The van der Waals surface area contributed by atoms with E-state index >= 15 is 0 Å². The van der Waals surface area contributed by atoms with Gasteiger partial charge in [-0.25, -0.2) is 0 Å². The smallest absolute Gasteiger partial charge is 0.242 e. The van der Waals surface area contributed by atoms with Crippen LogP contribution in [0.3, 0.4) is 0 Å². The van der Waals surface area contributed by atoms with Crippen LogP contribution in [-0.2, 0) is 11.3 Å². The fourth-order valence-electron chi connectivity index (χ4n) is 2.53. The Kier molecular flexibility index (Phi) is 8.69. The van der Waals surface area contributed by atoms with Gasteiger partial charge in [0.05, 0.1) is 13.1 Å². The van der Waals surface area contributed by atoms with E-state index in [9.17, 15) is 4.79 Å². The molecular weight excluding hydrogens is 340 g/mol. The molecule has 6 heteroatoms. The first-order valence-electron chi connectivity index (χ1n) is 9.17. The Hall–Kier alpha value is -3.02. The highest BCUT2D eigenvalue weighted by atomic mass is 16.5. The Labute approximate surface area is 161 Å². The zero-order valence-corrected chi connectivity index (χ0v) is 16.0. The molecule has 0 aromatic heterocycles. The maximum atomic E-state index is 12.5. The Bertz CT molecular complexity index is 705. The number of benzene rings is 2. The van der Waals surface area contributed by atoms with Gasteiger partial charge in [0.1, 0.15) is 12.4 Å². The van der Waals surface area contributed by atoms with Gasteiger partial charge in [0.15, 0.2) is 5.96 Å². The lowest BCUT2D eigenvalue weighted by Gasteiger charge is -2.22. The summed E-state index contributed by atoms with van der Waals surface area (Å²) in [5.41, 5.74) is 1.12. The van der Waals surface area contributed by atoms with Crippen molar-refractivity contribution in [2.75, 3.05) is 33.3 Å². The van der Waals surface area contributed by atoms with E-state index < -0.39 is 0 Å². The van der Waals surface area contributed by atoms with Crippen molar-refractivity contribution in [3.05, 3.63) is 66.2 Å². The lowest BCUT2D eigenvalue weighted by atomic mass is 10.2. The maximum absolute atomic E-state index is 12.5. The van der Waals surface area contributed by atoms with E-state index in [1.807, 2.05) is 72.5 Å². The van der Waals surface area contributed by atoms with Crippen LogP contribution in [0.1, 0.15) is 12.5 Å². The topological polar surface area (TPSA) is 66.0 Å². The van der Waals surface area contributed by atoms with Crippen molar-refractivity contribution in [3.63, 3.8) is 0 Å². The van der Waals surface area contributed by atoms with Crippen molar-refractivity contribution in [3.8, 4) is 5.75 Å². The molecule has 2 aromatic carbocycles. The molecule has 0 atom stereocenters. The zero-order chi connectivity index (χ0) is 19.3. The van der Waals surface area contributed by atoms with Crippen molar-refractivity contribution in [2.24, 2.45) is 4.99 Å². The van der Waals surface area contributed by atoms with Crippen molar-refractivity contribution < 1.29 is 9.53 Å². The van der Waals surface area contributed by atoms with E-state index in [2.05, 4.69) is 15.6 Å². The second-order valence-electron chi connectivity index (χ2n) is 5.91. The Morgan fingerprint density at radius 3 is 2.33 bits per heavy atom. The minimum absolute atomic E-state index is 0.0323. The average Bonchev–Trinajstić information content (AvgIpc) is 2.72. The van der Waals surface area contributed by atoms with E-state index in [0.29, 0.717) is 32.2 Å². The summed E-state index contributed by atoms with van der Waals surface area (Å²) in [5, 5.41) is 6.21. The minimum Gasteiger partial charge on any atom is -0.492 e. The van der Waals surface area contributed by atoms with Gasteiger partial charge in [0.25, 0.3) is 0 Å². The molecule has 144 valence electrons. The van der Waals surface area contributed by atoms with Crippen molar-refractivity contribution in [1.29, 1.82) is 0 Å². The number of aliphatic imine (C=N–C) groups is 1. The van der Waals surface area contributed by atoms with E-state index in [1.165, 1.54) is 0 Å². The van der Waals surface area contributed by atoms with Crippen LogP contribution in [0.25, 0.3) is 0 Å². The molecule has 0 bridgehead atoms. The molecule has 0 unspecified atom stereocenters. The molecular formula is C21H28N4O2. The van der Waals surface area contributed by atoms with E-state index in [0.717, 1.165) is 11.3 Å². The monoisotopic (exact) mass is 368 g/mol. The highest BCUT2D eigenvalue weighted by Crippen LogP contribution is 2.07. The van der Waals surface area contributed by atoms with Crippen molar-refractivity contribution in [1.82, 2.24) is 15.5 Å². The summed E-state index contributed by atoms with van der Waals surface area (Å²) in [6, 6.07) is 19.6. The molecule has 0 saturated carbocycles. The fraction of sp³-hybridized carbons (Fsp3) is 0.333. The number of carbonyl (C=O) groups is 1. The molecule has 0 aliphatic carbocycles. The van der Waals surface area contributed by atoms with Gasteiger partial charge in [0.2, 0.25) is 5.91 Å². The third-order valence-electron chi connectivity index (χ3n) is 3.99. The second kappa shape index (κ2) is 11.6. The van der Waals surface area contributed by atoms with Crippen LogP contribution >= 0.6 is 0 Å². The minimum atomic E-state index is 0.0323. The summed E-state index contributed by atoms with van der Waals surface area (Å²) >= 11 is 0. The van der Waals surface area contributed by atoms with Crippen LogP contribution in [0.2, 0.25) is 0 Å². The first-order valence-corrected chi connectivity index (χ1v) is 9.17. The van der Waals surface area contributed by atoms with Crippen LogP contribution in [0.15, 0.2) is 65.7 Å². The summed E-state index contributed by atoms with van der Waals surface area (Å²) in [5.74, 6) is 1.44. The summed E-state index contributed by atoms with van der Waals surface area (Å²) in [6.07, 6.45) is 0. The molecule has 0 aliphatic rings. The Morgan fingerprint density at radius 1 is 1.04 bits per heavy atom. The predicted octanol–water partition coefficient (Wildman–Crippen LogP) is 2.28. The van der Waals surface area contributed by atoms with Crippen LogP contribution in [0.4, 0.5) is 0 Å². The number of ether oxygens (including phenoxy) is 1. The third kappa shape index (κ3) is 7.40. The number of likely N-dealkylation sites (N-methyl/N-ethyl adjacent to an activating group) is 1. The number of amides is 1. The highest BCUT2D eigenvalue weighted by Gasteiger charge is 2.12. The first-order chi connectivity index (χ1) is 13.2. The molecule has 2 rings (SSSR count). The van der Waals surface area contributed by atoms with Crippen molar-refractivity contribution >= 4 is 11.9 Å². The van der Waals surface area contributed by atoms with Gasteiger partial charge < -0.3 is 20.3 Å². The number of para-hydroxylation sites is 1. The van der Waals surface area contributed by atoms with Crippen LogP contribution in [-0.4, -0.2) is 50.1 Å². The summed E-state index contributed by atoms with van der Waals surface area (Å²) in [6.45, 7) is 4.54. The van der Waals surface area contributed by atoms with Gasteiger partial charge in [-0.3, -0.25) is 9.79 Å². The maximum Gasteiger partial charge on any atom is 0.242 e. The van der Waals surface area contributed by atoms with E-state index in [1.54, 1.807) is 7.05 Å². The lowest BCUT2D eigenvalue weighted by molar-refractivity contribution is -0.130. The van der Waals surface area contributed by atoms with Crippen LogP contribution < -0.4 is 15.4 Å². The molecule has 2 aromatic rings. The number of hydrogen-bond donors (Lipinski definition) is 2.